The smallest absolute Gasteiger partial charge is 0.289 e. The molecule has 1 saturated heterocycles. The lowest BCUT2D eigenvalue weighted by Crippen LogP contribution is -2.43. The number of likely N-dealkylation sites (tertiary alicyclic amines) is 1. The third-order valence-corrected chi connectivity index (χ3v) is 4.83. The van der Waals surface area contributed by atoms with Crippen LogP contribution in [-0.2, 0) is 4.79 Å². The lowest BCUT2D eigenvalue weighted by molar-refractivity contribution is -0.121. The minimum Gasteiger partial charge on any atom is -0.459 e. The standard InChI is InChI=1S/C21H21N3O3/c25-20(22-17-7-3-8-18(14-17)23-10-1-2-11-23)16-6-4-12-24(15-16)21(26)19-9-5-13-27-19/h1-3,5,7-11,13-14,16H,4,6,12,15H2,(H,22,25)/t16-/m1/s1. The Balaban J connectivity index is 1.42. The summed E-state index contributed by atoms with van der Waals surface area (Å²) in [6.07, 6.45) is 6.97. The molecular formula is C21H21N3O3. The maximum atomic E-state index is 12.7. The van der Waals surface area contributed by atoms with Crippen LogP contribution in [0.25, 0.3) is 5.69 Å². The second kappa shape index (κ2) is 7.53. The monoisotopic (exact) mass is 363 g/mol. The topological polar surface area (TPSA) is 67.5 Å². The van der Waals surface area contributed by atoms with Crippen LogP contribution < -0.4 is 5.32 Å². The minimum absolute atomic E-state index is 0.0587. The Hall–Kier alpha value is -3.28. The van der Waals surface area contributed by atoms with Crippen LogP contribution in [0.5, 0.6) is 0 Å². The van der Waals surface area contributed by atoms with Crippen LogP contribution in [-0.4, -0.2) is 34.4 Å². The van der Waals surface area contributed by atoms with Gasteiger partial charge in [0.15, 0.2) is 5.76 Å². The second-order valence-corrected chi connectivity index (χ2v) is 6.70. The average molecular weight is 363 g/mol. The molecule has 0 bridgehead atoms. The number of hydrogen-bond acceptors (Lipinski definition) is 3. The van der Waals surface area contributed by atoms with Crippen molar-refractivity contribution < 1.29 is 14.0 Å². The van der Waals surface area contributed by atoms with E-state index in [1.807, 2.05) is 53.4 Å². The predicted octanol–water partition coefficient (Wildman–Crippen LogP) is 3.56. The number of rotatable bonds is 4. The Morgan fingerprint density at radius 3 is 2.70 bits per heavy atom. The summed E-state index contributed by atoms with van der Waals surface area (Å²) in [5.41, 5.74) is 1.73. The molecule has 1 aliphatic rings. The molecule has 4 rings (SSSR count). The highest BCUT2D eigenvalue weighted by molar-refractivity contribution is 5.95. The van der Waals surface area contributed by atoms with Gasteiger partial charge in [0, 0.05) is 36.9 Å². The summed E-state index contributed by atoms with van der Waals surface area (Å²) in [5.74, 6) is -0.132. The van der Waals surface area contributed by atoms with E-state index in [-0.39, 0.29) is 17.7 Å². The van der Waals surface area contributed by atoms with Gasteiger partial charge in [0.05, 0.1) is 12.2 Å². The molecule has 6 nitrogen and oxygen atoms in total. The Labute approximate surface area is 157 Å². The van der Waals surface area contributed by atoms with Crippen molar-refractivity contribution in [3.8, 4) is 5.69 Å². The number of nitrogens with zero attached hydrogens (tertiary/aromatic N) is 2. The molecule has 1 atom stereocenters. The van der Waals surface area contributed by atoms with Crippen LogP contribution in [0, 0.1) is 5.92 Å². The molecule has 1 fully saturated rings. The van der Waals surface area contributed by atoms with Crippen molar-refractivity contribution in [1.29, 1.82) is 0 Å². The number of nitrogens with one attached hydrogen (secondary N) is 1. The quantitative estimate of drug-likeness (QED) is 0.771. The third-order valence-electron chi connectivity index (χ3n) is 4.83. The molecule has 0 spiro atoms. The van der Waals surface area contributed by atoms with Crippen molar-refractivity contribution in [3.05, 3.63) is 72.9 Å². The number of piperidine rings is 1. The highest BCUT2D eigenvalue weighted by Crippen LogP contribution is 2.22. The number of furan rings is 1. The van der Waals surface area contributed by atoms with Crippen molar-refractivity contribution in [1.82, 2.24) is 9.47 Å². The van der Waals surface area contributed by atoms with Crippen molar-refractivity contribution in [2.24, 2.45) is 5.92 Å². The molecule has 6 heteroatoms. The van der Waals surface area contributed by atoms with E-state index in [1.54, 1.807) is 17.0 Å². The van der Waals surface area contributed by atoms with E-state index in [0.29, 0.717) is 18.8 Å². The second-order valence-electron chi connectivity index (χ2n) is 6.70. The molecule has 1 N–H and O–H groups in total. The molecule has 3 aromatic rings. The van der Waals surface area contributed by atoms with Gasteiger partial charge in [0.25, 0.3) is 5.91 Å². The Kier molecular flexibility index (Phi) is 4.78. The van der Waals surface area contributed by atoms with Gasteiger partial charge in [-0.05, 0) is 55.3 Å². The SMILES string of the molecule is O=C(Nc1cccc(-n2cccc2)c1)[C@@H]1CCCN(C(=O)c2ccco2)C1. The van der Waals surface area contributed by atoms with Gasteiger partial charge >= 0.3 is 0 Å². The van der Waals surface area contributed by atoms with Crippen molar-refractivity contribution >= 4 is 17.5 Å². The molecule has 0 unspecified atom stereocenters. The third kappa shape index (κ3) is 3.79. The van der Waals surface area contributed by atoms with Crippen LogP contribution in [0.1, 0.15) is 23.4 Å². The fourth-order valence-corrected chi connectivity index (χ4v) is 3.43. The van der Waals surface area contributed by atoms with E-state index in [2.05, 4.69) is 5.32 Å². The van der Waals surface area contributed by atoms with Crippen LogP contribution in [0.4, 0.5) is 5.69 Å². The molecule has 27 heavy (non-hydrogen) atoms. The zero-order valence-corrected chi connectivity index (χ0v) is 14.9. The average Bonchev–Trinajstić information content (AvgIpc) is 3.42. The first-order chi connectivity index (χ1) is 13.2. The van der Waals surface area contributed by atoms with Crippen LogP contribution in [0.2, 0.25) is 0 Å². The van der Waals surface area contributed by atoms with Gasteiger partial charge < -0.3 is 19.2 Å². The summed E-state index contributed by atoms with van der Waals surface area (Å²) >= 11 is 0. The van der Waals surface area contributed by atoms with E-state index in [4.69, 9.17) is 4.42 Å². The van der Waals surface area contributed by atoms with Crippen molar-refractivity contribution in [3.63, 3.8) is 0 Å². The molecule has 2 aromatic heterocycles. The fourth-order valence-electron chi connectivity index (χ4n) is 3.43. The van der Waals surface area contributed by atoms with Crippen molar-refractivity contribution in [2.75, 3.05) is 18.4 Å². The molecule has 0 aliphatic carbocycles. The zero-order valence-electron chi connectivity index (χ0n) is 14.9. The van der Waals surface area contributed by atoms with Gasteiger partial charge in [0.2, 0.25) is 5.91 Å². The molecule has 2 amide bonds. The first kappa shape index (κ1) is 17.1. The molecule has 3 heterocycles. The van der Waals surface area contributed by atoms with Crippen LogP contribution in [0.3, 0.4) is 0 Å². The van der Waals surface area contributed by atoms with E-state index in [1.165, 1.54) is 6.26 Å². The molecule has 1 aliphatic heterocycles. The van der Waals surface area contributed by atoms with Crippen molar-refractivity contribution in [2.45, 2.75) is 12.8 Å². The summed E-state index contributed by atoms with van der Waals surface area (Å²) in [5, 5.41) is 2.99. The normalized spacial score (nSPS) is 16.9. The van der Waals surface area contributed by atoms with Gasteiger partial charge in [-0.3, -0.25) is 9.59 Å². The molecule has 138 valence electrons. The number of hydrogen-bond donors (Lipinski definition) is 1. The number of benzene rings is 1. The minimum atomic E-state index is -0.229. The van der Waals surface area contributed by atoms with Gasteiger partial charge in [0.1, 0.15) is 0 Å². The highest BCUT2D eigenvalue weighted by Gasteiger charge is 2.29. The number of carbonyl (C=O) groups excluding carboxylic acids is 2. The van der Waals surface area contributed by atoms with Gasteiger partial charge in [-0.15, -0.1) is 0 Å². The largest absolute Gasteiger partial charge is 0.459 e. The maximum Gasteiger partial charge on any atom is 0.289 e. The molecule has 0 radical (unpaired) electrons. The first-order valence-corrected chi connectivity index (χ1v) is 9.08. The van der Waals surface area contributed by atoms with E-state index < -0.39 is 0 Å². The Morgan fingerprint density at radius 1 is 1.07 bits per heavy atom. The zero-order chi connectivity index (χ0) is 18.6. The van der Waals surface area contributed by atoms with E-state index >= 15 is 0 Å². The predicted molar refractivity (Wildman–Crippen MR) is 102 cm³/mol. The molecule has 0 saturated carbocycles. The Bertz CT molecular complexity index is 916. The Morgan fingerprint density at radius 2 is 1.93 bits per heavy atom. The number of carbonyl (C=O) groups is 2. The number of anilines is 1. The highest BCUT2D eigenvalue weighted by atomic mass is 16.3. The first-order valence-electron chi connectivity index (χ1n) is 9.08. The van der Waals surface area contributed by atoms with Gasteiger partial charge in [-0.25, -0.2) is 0 Å². The fraction of sp³-hybridized carbons (Fsp3) is 0.238. The van der Waals surface area contributed by atoms with Crippen LogP contribution in [0.15, 0.2) is 71.6 Å². The molecule has 1 aromatic carbocycles. The van der Waals surface area contributed by atoms with E-state index in [9.17, 15) is 9.59 Å². The number of aromatic nitrogens is 1. The lowest BCUT2D eigenvalue weighted by atomic mass is 9.96. The lowest BCUT2D eigenvalue weighted by Gasteiger charge is -2.31. The molecular weight excluding hydrogens is 342 g/mol. The summed E-state index contributed by atoms with van der Waals surface area (Å²) in [6.45, 7) is 1.05. The summed E-state index contributed by atoms with van der Waals surface area (Å²) in [7, 11) is 0. The van der Waals surface area contributed by atoms with E-state index in [0.717, 1.165) is 24.2 Å². The summed E-state index contributed by atoms with van der Waals surface area (Å²) in [4.78, 5) is 26.9. The maximum absolute atomic E-state index is 12.7. The summed E-state index contributed by atoms with van der Waals surface area (Å²) in [6, 6.07) is 15.0. The van der Waals surface area contributed by atoms with Gasteiger partial charge in [-0.1, -0.05) is 6.07 Å². The van der Waals surface area contributed by atoms with Crippen LogP contribution >= 0.6 is 0 Å². The summed E-state index contributed by atoms with van der Waals surface area (Å²) < 4.78 is 7.18. The van der Waals surface area contributed by atoms with Gasteiger partial charge in [-0.2, -0.15) is 0 Å². The number of amides is 2.